The van der Waals surface area contributed by atoms with Gasteiger partial charge in [-0.25, -0.2) is 0 Å². The molecule has 1 heterocycles. The predicted molar refractivity (Wildman–Crippen MR) is 86.2 cm³/mol. The van der Waals surface area contributed by atoms with Crippen LogP contribution in [0.25, 0.3) is 11.1 Å². The molecule has 0 fully saturated rings. The van der Waals surface area contributed by atoms with E-state index in [9.17, 15) is 0 Å². The summed E-state index contributed by atoms with van der Waals surface area (Å²) < 4.78 is 0. The molecule has 0 saturated carbocycles. The zero-order valence-corrected chi connectivity index (χ0v) is 12.2. The second-order valence-corrected chi connectivity index (χ2v) is 6.67. The quantitative estimate of drug-likeness (QED) is 0.727. The molecule has 96 valence electrons. The number of hydrogen-bond acceptors (Lipinski definition) is 1. The van der Waals surface area contributed by atoms with E-state index in [1.54, 1.807) is 0 Å². The molecule has 1 heteroatoms. The Morgan fingerprint density at radius 2 is 1.00 bits per heavy atom. The lowest BCUT2D eigenvalue weighted by Crippen LogP contribution is -1.97. The number of benzene rings is 2. The first kappa shape index (κ1) is 12.6. The molecule has 3 rings (SSSR count). The van der Waals surface area contributed by atoms with E-state index >= 15 is 0 Å². The van der Waals surface area contributed by atoms with Gasteiger partial charge in [-0.3, -0.25) is 0 Å². The zero-order valence-electron chi connectivity index (χ0n) is 11.3. The molecule has 2 unspecified atom stereocenters. The van der Waals surface area contributed by atoms with Gasteiger partial charge in [-0.05, 0) is 36.1 Å². The molecule has 0 saturated heterocycles. The van der Waals surface area contributed by atoms with Gasteiger partial charge in [0.15, 0.2) is 0 Å². The largest absolute Gasteiger partial charge is 0.146 e. The van der Waals surface area contributed by atoms with E-state index in [4.69, 9.17) is 0 Å². The van der Waals surface area contributed by atoms with Crippen molar-refractivity contribution in [1.29, 1.82) is 0 Å². The van der Waals surface area contributed by atoms with Crippen LogP contribution < -0.4 is 0 Å². The first-order valence-corrected chi connectivity index (χ1v) is 7.72. The van der Waals surface area contributed by atoms with Crippen LogP contribution in [0.2, 0.25) is 0 Å². The van der Waals surface area contributed by atoms with Crippen LogP contribution in [0, 0.1) is 0 Å². The summed E-state index contributed by atoms with van der Waals surface area (Å²) in [5, 5.41) is 1.13. The Hall–Kier alpha value is -1.47. The lowest BCUT2D eigenvalue weighted by atomic mass is 9.91. The average molecular weight is 266 g/mol. The fourth-order valence-electron chi connectivity index (χ4n) is 2.90. The van der Waals surface area contributed by atoms with Gasteiger partial charge in [-0.1, -0.05) is 60.7 Å². The highest BCUT2D eigenvalue weighted by Crippen LogP contribution is 2.47. The van der Waals surface area contributed by atoms with Crippen LogP contribution in [0.15, 0.2) is 60.7 Å². The van der Waals surface area contributed by atoms with Crippen LogP contribution in [0.4, 0.5) is 0 Å². The van der Waals surface area contributed by atoms with E-state index in [1.807, 2.05) is 0 Å². The van der Waals surface area contributed by atoms with Crippen molar-refractivity contribution in [1.82, 2.24) is 0 Å². The molecule has 0 bridgehead atoms. The Kier molecular flexibility index (Phi) is 3.48. The molecule has 1 aliphatic heterocycles. The summed E-state index contributed by atoms with van der Waals surface area (Å²) in [4.78, 5) is 0. The molecule has 0 aromatic heterocycles. The van der Waals surface area contributed by atoms with Crippen molar-refractivity contribution < 1.29 is 0 Å². The topological polar surface area (TPSA) is 0 Å². The summed E-state index contributed by atoms with van der Waals surface area (Å²) in [5.74, 6) is 0. The molecule has 2 atom stereocenters. The van der Waals surface area contributed by atoms with Crippen LogP contribution >= 0.6 is 11.8 Å². The van der Waals surface area contributed by atoms with E-state index in [0.29, 0.717) is 10.5 Å². The molecule has 0 radical (unpaired) electrons. The van der Waals surface area contributed by atoms with Crippen LogP contribution in [0.1, 0.15) is 25.0 Å². The van der Waals surface area contributed by atoms with Crippen molar-refractivity contribution in [2.24, 2.45) is 0 Å². The Balaban J connectivity index is 2.18. The fraction of sp³-hybridized carbons (Fsp3) is 0.222. The van der Waals surface area contributed by atoms with Gasteiger partial charge in [0.25, 0.3) is 0 Å². The number of rotatable bonds is 2. The monoisotopic (exact) mass is 266 g/mol. The van der Waals surface area contributed by atoms with Crippen LogP contribution in [-0.2, 0) is 0 Å². The highest BCUT2D eigenvalue weighted by atomic mass is 32.2. The Labute approximate surface area is 119 Å². The predicted octanol–water partition coefficient (Wildman–Crippen LogP) is 5.12. The number of thioether (sulfide) groups is 1. The van der Waals surface area contributed by atoms with Gasteiger partial charge in [-0.2, -0.15) is 0 Å². The lowest BCUT2D eigenvalue weighted by Gasteiger charge is -2.12. The van der Waals surface area contributed by atoms with Crippen LogP contribution in [0.3, 0.4) is 0 Å². The highest BCUT2D eigenvalue weighted by molar-refractivity contribution is 8.01. The molecule has 2 aromatic carbocycles. The summed E-state index contributed by atoms with van der Waals surface area (Å²) in [7, 11) is 0. The van der Waals surface area contributed by atoms with E-state index < -0.39 is 0 Å². The molecule has 0 amide bonds. The average Bonchev–Trinajstić information content (AvgIpc) is 2.75. The van der Waals surface area contributed by atoms with Crippen LogP contribution in [-0.4, -0.2) is 10.5 Å². The van der Waals surface area contributed by atoms with Gasteiger partial charge in [0, 0.05) is 10.5 Å². The van der Waals surface area contributed by atoms with Crippen molar-refractivity contribution in [2.45, 2.75) is 24.3 Å². The van der Waals surface area contributed by atoms with E-state index in [2.05, 4.69) is 86.3 Å². The maximum absolute atomic E-state index is 2.32. The molecular formula is C18H18S. The second kappa shape index (κ2) is 5.26. The molecule has 0 nitrogen and oxygen atoms in total. The molecule has 0 aliphatic carbocycles. The standard InChI is InChI=1S/C18H18S/c1-13-17(15-9-5-3-6-10-15)18(14(2)19-13)16-11-7-4-8-12-16/h3-14H,1-2H3. The summed E-state index contributed by atoms with van der Waals surface area (Å²) >= 11 is 2.05. The first-order chi connectivity index (χ1) is 9.27. The molecule has 0 spiro atoms. The lowest BCUT2D eigenvalue weighted by molar-refractivity contribution is 1.27. The minimum Gasteiger partial charge on any atom is -0.146 e. The maximum atomic E-state index is 2.32. The second-order valence-electron chi connectivity index (χ2n) is 4.98. The third kappa shape index (κ3) is 2.35. The third-order valence-corrected chi connectivity index (χ3v) is 4.97. The van der Waals surface area contributed by atoms with Gasteiger partial charge in [0.2, 0.25) is 0 Å². The van der Waals surface area contributed by atoms with Gasteiger partial charge in [-0.15, -0.1) is 11.8 Å². The third-order valence-electron chi connectivity index (χ3n) is 3.68. The summed E-state index contributed by atoms with van der Waals surface area (Å²) in [5.41, 5.74) is 5.74. The van der Waals surface area contributed by atoms with Gasteiger partial charge >= 0.3 is 0 Å². The van der Waals surface area contributed by atoms with Crippen molar-refractivity contribution >= 4 is 22.9 Å². The SMILES string of the molecule is CC1SC(C)C(c2ccccc2)=C1c1ccccc1. The Morgan fingerprint density at radius 3 is 1.37 bits per heavy atom. The van der Waals surface area contributed by atoms with Gasteiger partial charge < -0.3 is 0 Å². The van der Waals surface area contributed by atoms with E-state index in [-0.39, 0.29) is 0 Å². The van der Waals surface area contributed by atoms with Gasteiger partial charge in [0.05, 0.1) is 0 Å². The summed E-state index contributed by atoms with van der Waals surface area (Å²) in [6.07, 6.45) is 0. The van der Waals surface area contributed by atoms with Gasteiger partial charge in [0.1, 0.15) is 0 Å². The zero-order chi connectivity index (χ0) is 13.2. The smallest absolute Gasteiger partial charge is 0.0284 e. The van der Waals surface area contributed by atoms with Crippen LogP contribution in [0.5, 0.6) is 0 Å². The minimum atomic E-state index is 0.563. The number of hydrogen-bond donors (Lipinski definition) is 0. The molecule has 0 N–H and O–H groups in total. The molecule has 2 aromatic rings. The highest BCUT2D eigenvalue weighted by Gasteiger charge is 2.30. The van der Waals surface area contributed by atoms with Crippen molar-refractivity contribution in [3.8, 4) is 0 Å². The molecule has 1 aliphatic rings. The first-order valence-electron chi connectivity index (χ1n) is 6.77. The Morgan fingerprint density at radius 1 is 0.632 bits per heavy atom. The summed E-state index contributed by atoms with van der Waals surface area (Å²) in [6.45, 7) is 4.64. The van der Waals surface area contributed by atoms with Crippen molar-refractivity contribution in [2.75, 3.05) is 0 Å². The summed E-state index contributed by atoms with van der Waals surface area (Å²) in [6, 6.07) is 21.6. The fourth-order valence-corrected chi connectivity index (χ4v) is 4.31. The van der Waals surface area contributed by atoms with E-state index in [0.717, 1.165) is 0 Å². The molecular weight excluding hydrogens is 248 g/mol. The normalized spacial score (nSPS) is 22.8. The van der Waals surface area contributed by atoms with Crippen molar-refractivity contribution in [3.63, 3.8) is 0 Å². The maximum Gasteiger partial charge on any atom is 0.0284 e. The van der Waals surface area contributed by atoms with E-state index in [1.165, 1.54) is 22.3 Å². The van der Waals surface area contributed by atoms with Crippen molar-refractivity contribution in [3.05, 3.63) is 71.8 Å². The minimum absolute atomic E-state index is 0.563. The Bertz CT molecular complexity index is 530. The molecule has 19 heavy (non-hydrogen) atoms.